The monoisotopic (exact) mass is 365 g/mol. The van der Waals surface area contributed by atoms with Gasteiger partial charge in [0.05, 0.1) is 14.2 Å². The lowest BCUT2D eigenvalue weighted by atomic mass is 9.86. The molecule has 27 heavy (non-hydrogen) atoms. The third kappa shape index (κ3) is 3.80. The van der Waals surface area contributed by atoms with E-state index in [1.54, 1.807) is 14.2 Å². The van der Waals surface area contributed by atoms with E-state index in [0.717, 1.165) is 40.1 Å². The van der Waals surface area contributed by atoms with Crippen LogP contribution in [-0.2, 0) is 4.79 Å². The van der Waals surface area contributed by atoms with Crippen LogP contribution >= 0.6 is 0 Å². The maximum Gasteiger partial charge on any atom is 0.224 e. The first-order valence-corrected chi connectivity index (χ1v) is 9.78. The van der Waals surface area contributed by atoms with Gasteiger partial charge in [0.1, 0.15) is 11.5 Å². The van der Waals surface area contributed by atoms with Crippen molar-refractivity contribution >= 4 is 11.6 Å². The van der Waals surface area contributed by atoms with Gasteiger partial charge >= 0.3 is 0 Å². The number of hydrogen-bond donors (Lipinski definition) is 1. The molecule has 0 saturated heterocycles. The van der Waals surface area contributed by atoms with Gasteiger partial charge in [-0.05, 0) is 72.9 Å². The smallest absolute Gasteiger partial charge is 0.224 e. The molecule has 0 radical (unpaired) electrons. The SMILES string of the molecule is COc1ccc(-c2cc(NC(=O)C[C@@H]3C[C@H]4CC[C@@H]3C4)ccc2OC)cc1. The first kappa shape index (κ1) is 17.9. The van der Waals surface area contributed by atoms with Gasteiger partial charge in [-0.3, -0.25) is 4.79 Å². The van der Waals surface area contributed by atoms with Crippen molar-refractivity contribution in [2.75, 3.05) is 19.5 Å². The Kier molecular flexibility index (Phi) is 5.06. The van der Waals surface area contributed by atoms with E-state index >= 15 is 0 Å². The van der Waals surface area contributed by atoms with Crippen LogP contribution in [0.15, 0.2) is 42.5 Å². The molecule has 2 aromatic rings. The van der Waals surface area contributed by atoms with Crippen molar-refractivity contribution in [3.63, 3.8) is 0 Å². The Morgan fingerprint density at radius 3 is 2.48 bits per heavy atom. The Labute approximate surface area is 160 Å². The molecule has 3 atom stereocenters. The van der Waals surface area contributed by atoms with Gasteiger partial charge in [0.15, 0.2) is 0 Å². The predicted octanol–water partition coefficient (Wildman–Crippen LogP) is 5.14. The van der Waals surface area contributed by atoms with Crippen LogP contribution < -0.4 is 14.8 Å². The van der Waals surface area contributed by atoms with Crippen LogP contribution in [0, 0.1) is 17.8 Å². The molecule has 4 nitrogen and oxygen atoms in total. The molecule has 1 amide bonds. The fourth-order valence-electron chi connectivity index (χ4n) is 4.86. The van der Waals surface area contributed by atoms with Gasteiger partial charge in [-0.15, -0.1) is 0 Å². The van der Waals surface area contributed by atoms with E-state index in [1.807, 2.05) is 42.5 Å². The molecule has 142 valence electrons. The summed E-state index contributed by atoms with van der Waals surface area (Å²) in [5, 5.41) is 3.09. The van der Waals surface area contributed by atoms with Gasteiger partial charge in [0.2, 0.25) is 5.91 Å². The van der Waals surface area contributed by atoms with Crippen molar-refractivity contribution < 1.29 is 14.3 Å². The summed E-state index contributed by atoms with van der Waals surface area (Å²) >= 11 is 0. The van der Waals surface area contributed by atoms with Crippen LogP contribution in [0.4, 0.5) is 5.69 Å². The van der Waals surface area contributed by atoms with Crippen LogP contribution in [0.25, 0.3) is 11.1 Å². The highest BCUT2D eigenvalue weighted by molar-refractivity contribution is 5.92. The molecule has 4 rings (SSSR count). The highest BCUT2D eigenvalue weighted by Gasteiger charge is 2.40. The average Bonchev–Trinajstić information content (AvgIpc) is 3.31. The van der Waals surface area contributed by atoms with Crippen LogP contribution in [-0.4, -0.2) is 20.1 Å². The van der Waals surface area contributed by atoms with E-state index in [-0.39, 0.29) is 5.91 Å². The summed E-state index contributed by atoms with van der Waals surface area (Å²) in [6.45, 7) is 0. The zero-order chi connectivity index (χ0) is 18.8. The summed E-state index contributed by atoms with van der Waals surface area (Å²) in [5.41, 5.74) is 2.80. The number of fused-ring (bicyclic) bond motifs is 2. The van der Waals surface area contributed by atoms with Crippen molar-refractivity contribution in [3.8, 4) is 22.6 Å². The molecule has 2 fully saturated rings. The maximum absolute atomic E-state index is 12.6. The quantitative estimate of drug-likeness (QED) is 0.771. The molecular formula is C23H27NO3. The molecule has 0 spiro atoms. The number of methoxy groups -OCH3 is 2. The number of benzene rings is 2. The Bertz CT molecular complexity index is 815. The average molecular weight is 365 g/mol. The maximum atomic E-state index is 12.6. The number of amides is 1. The van der Waals surface area contributed by atoms with E-state index in [2.05, 4.69) is 5.32 Å². The highest BCUT2D eigenvalue weighted by Crippen LogP contribution is 2.49. The van der Waals surface area contributed by atoms with Gasteiger partial charge in [-0.1, -0.05) is 18.6 Å². The molecule has 2 aliphatic carbocycles. The number of anilines is 1. The van der Waals surface area contributed by atoms with Crippen LogP contribution in [0.1, 0.15) is 32.1 Å². The van der Waals surface area contributed by atoms with Gasteiger partial charge < -0.3 is 14.8 Å². The molecule has 2 aliphatic rings. The summed E-state index contributed by atoms with van der Waals surface area (Å²) in [5.74, 6) is 3.93. The van der Waals surface area contributed by atoms with Crippen LogP contribution in [0.3, 0.4) is 0 Å². The molecule has 0 unspecified atom stereocenters. The van der Waals surface area contributed by atoms with E-state index in [1.165, 1.54) is 25.7 Å². The Balaban J connectivity index is 1.48. The van der Waals surface area contributed by atoms with Crippen LogP contribution in [0.5, 0.6) is 11.5 Å². The fraction of sp³-hybridized carbons (Fsp3) is 0.435. The minimum atomic E-state index is 0.124. The molecule has 0 aromatic heterocycles. The number of ether oxygens (including phenoxy) is 2. The van der Waals surface area contributed by atoms with Crippen molar-refractivity contribution in [3.05, 3.63) is 42.5 Å². The van der Waals surface area contributed by atoms with Crippen molar-refractivity contribution in [2.24, 2.45) is 17.8 Å². The number of carbonyl (C=O) groups excluding carboxylic acids is 1. The van der Waals surface area contributed by atoms with E-state index < -0.39 is 0 Å². The van der Waals surface area contributed by atoms with Gasteiger partial charge in [-0.25, -0.2) is 0 Å². The first-order valence-electron chi connectivity index (χ1n) is 9.78. The van der Waals surface area contributed by atoms with Gasteiger partial charge in [0, 0.05) is 17.7 Å². The number of hydrogen-bond acceptors (Lipinski definition) is 3. The summed E-state index contributed by atoms with van der Waals surface area (Å²) in [4.78, 5) is 12.6. The minimum Gasteiger partial charge on any atom is -0.497 e. The summed E-state index contributed by atoms with van der Waals surface area (Å²) in [7, 11) is 3.32. The van der Waals surface area contributed by atoms with E-state index in [0.29, 0.717) is 12.3 Å². The van der Waals surface area contributed by atoms with E-state index in [4.69, 9.17) is 9.47 Å². The summed E-state index contributed by atoms with van der Waals surface area (Å²) < 4.78 is 10.7. The van der Waals surface area contributed by atoms with Crippen molar-refractivity contribution in [1.82, 2.24) is 0 Å². The van der Waals surface area contributed by atoms with Crippen LogP contribution in [0.2, 0.25) is 0 Å². The standard InChI is InChI=1S/C23H27NO3/c1-26-20-8-5-16(6-9-20)21-14-19(7-10-22(21)27-2)24-23(25)13-18-12-15-3-4-17(18)11-15/h5-10,14-15,17-18H,3-4,11-13H2,1-2H3,(H,24,25)/t15-,17+,18-/m0/s1. The predicted molar refractivity (Wildman–Crippen MR) is 107 cm³/mol. The van der Waals surface area contributed by atoms with E-state index in [9.17, 15) is 4.79 Å². The Hall–Kier alpha value is -2.49. The Morgan fingerprint density at radius 1 is 1.04 bits per heavy atom. The number of carbonyl (C=O) groups is 1. The van der Waals surface area contributed by atoms with Gasteiger partial charge in [-0.2, -0.15) is 0 Å². The second kappa shape index (κ2) is 7.63. The zero-order valence-electron chi connectivity index (χ0n) is 16.0. The zero-order valence-corrected chi connectivity index (χ0v) is 16.0. The number of nitrogens with one attached hydrogen (secondary N) is 1. The second-order valence-electron chi connectivity index (χ2n) is 7.83. The van der Waals surface area contributed by atoms with Crippen molar-refractivity contribution in [2.45, 2.75) is 32.1 Å². The lowest BCUT2D eigenvalue weighted by molar-refractivity contribution is -0.117. The highest BCUT2D eigenvalue weighted by atomic mass is 16.5. The number of rotatable bonds is 6. The molecule has 2 bridgehead atoms. The molecule has 0 heterocycles. The summed E-state index contributed by atoms with van der Waals surface area (Å²) in [6, 6.07) is 13.6. The Morgan fingerprint density at radius 2 is 1.85 bits per heavy atom. The molecule has 0 aliphatic heterocycles. The largest absolute Gasteiger partial charge is 0.497 e. The van der Waals surface area contributed by atoms with Gasteiger partial charge in [0.25, 0.3) is 0 Å². The fourth-order valence-corrected chi connectivity index (χ4v) is 4.86. The third-order valence-corrected chi connectivity index (χ3v) is 6.22. The third-order valence-electron chi connectivity index (χ3n) is 6.22. The molecule has 2 saturated carbocycles. The normalized spacial score (nSPS) is 23.3. The molecular weight excluding hydrogens is 338 g/mol. The lowest BCUT2D eigenvalue weighted by Crippen LogP contribution is -2.20. The minimum absolute atomic E-state index is 0.124. The molecule has 1 N–H and O–H groups in total. The second-order valence-corrected chi connectivity index (χ2v) is 7.83. The summed E-state index contributed by atoms with van der Waals surface area (Å²) in [6.07, 6.45) is 5.89. The topological polar surface area (TPSA) is 47.6 Å². The first-order chi connectivity index (χ1) is 13.2. The van der Waals surface area contributed by atoms with Crippen molar-refractivity contribution in [1.29, 1.82) is 0 Å². The lowest BCUT2D eigenvalue weighted by Gasteiger charge is -2.21. The molecule has 2 aromatic carbocycles. The molecule has 4 heteroatoms.